The lowest BCUT2D eigenvalue weighted by Crippen LogP contribution is -2.48. The highest BCUT2D eigenvalue weighted by Gasteiger charge is 2.33. The van der Waals surface area contributed by atoms with E-state index >= 15 is 0 Å². The first-order valence-corrected chi connectivity index (χ1v) is 10.3. The van der Waals surface area contributed by atoms with Crippen molar-refractivity contribution in [2.45, 2.75) is 19.3 Å². The van der Waals surface area contributed by atoms with Crippen molar-refractivity contribution in [1.29, 1.82) is 0 Å². The molecule has 0 aliphatic carbocycles. The van der Waals surface area contributed by atoms with E-state index in [4.69, 9.17) is 0 Å². The first-order chi connectivity index (χ1) is 13.9. The predicted octanol–water partition coefficient (Wildman–Crippen LogP) is 2.78. The quantitative estimate of drug-likeness (QED) is 0.714. The van der Waals surface area contributed by atoms with Crippen LogP contribution in [0.4, 0.5) is 18.0 Å². The summed E-state index contributed by atoms with van der Waals surface area (Å²) in [4.78, 5) is 20.0. The Morgan fingerprint density at radius 1 is 1.07 bits per heavy atom. The van der Waals surface area contributed by atoms with Crippen molar-refractivity contribution >= 4 is 17.4 Å². The second-order valence-corrected chi connectivity index (χ2v) is 7.78. The average molecular weight is 427 g/mol. The van der Waals surface area contributed by atoms with Crippen LogP contribution in [0.1, 0.15) is 16.3 Å². The Morgan fingerprint density at radius 3 is 2.41 bits per heavy atom. The van der Waals surface area contributed by atoms with Crippen molar-refractivity contribution in [2.24, 2.45) is 0 Å². The van der Waals surface area contributed by atoms with Crippen molar-refractivity contribution in [2.75, 3.05) is 39.3 Å². The number of carbonyl (C=O) groups is 1. The first kappa shape index (κ1) is 21.5. The molecule has 1 fully saturated rings. The average Bonchev–Trinajstić information content (AvgIpc) is 3.18. The smallest absolute Gasteiger partial charge is 0.337 e. The highest BCUT2D eigenvalue weighted by Crippen LogP contribution is 2.29. The molecule has 10 heteroatoms. The normalized spacial score (nSPS) is 16.0. The number of amides is 2. The Hall–Kier alpha value is -2.17. The van der Waals surface area contributed by atoms with Gasteiger partial charge >= 0.3 is 12.2 Å². The molecule has 1 aromatic carbocycles. The number of urea groups is 1. The summed E-state index contributed by atoms with van der Waals surface area (Å²) in [6.07, 6.45) is -4.46. The number of nitrogens with zero attached hydrogens (tertiary/aromatic N) is 3. The van der Waals surface area contributed by atoms with Crippen LogP contribution in [0.15, 0.2) is 35.7 Å². The highest BCUT2D eigenvalue weighted by atomic mass is 32.1. The van der Waals surface area contributed by atoms with Gasteiger partial charge in [-0.3, -0.25) is 9.80 Å². The third-order valence-electron chi connectivity index (χ3n) is 4.67. The zero-order chi connectivity index (χ0) is 20.7. The Kier molecular flexibility index (Phi) is 7.45. The largest absolute Gasteiger partial charge is 0.434 e. The molecule has 0 atom stereocenters. The second kappa shape index (κ2) is 10.0. The second-order valence-electron chi connectivity index (χ2n) is 6.84. The molecule has 1 aromatic heterocycles. The zero-order valence-corrected chi connectivity index (χ0v) is 16.7. The van der Waals surface area contributed by atoms with E-state index in [9.17, 15) is 18.0 Å². The number of hydrogen-bond acceptors (Lipinski definition) is 5. The minimum Gasteiger partial charge on any atom is -0.337 e. The summed E-state index contributed by atoms with van der Waals surface area (Å²) in [5, 5.41) is 6.45. The Bertz CT molecular complexity index is 776. The zero-order valence-electron chi connectivity index (χ0n) is 15.9. The topological polar surface area (TPSA) is 60.5 Å². The molecular weight excluding hydrogens is 403 g/mol. The molecule has 6 nitrogen and oxygen atoms in total. The van der Waals surface area contributed by atoms with Gasteiger partial charge in [0.15, 0.2) is 5.69 Å². The third-order valence-corrected chi connectivity index (χ3v) is 5.52. The van der Waals surface area contributed by atoms with Gasteiger partial charge in [-0.15, -0.1) is 11.3 Å². The number of alkyl halides is 3. The summed E-state index contributed by atoms with van der Waals surface area (Å²) in [7, 11) is 0. The Labute approximate surface area is 171 Å². The fourth-order valence-electron chi connectivity index (χ4n) is 3.08. The van der Waals surface area contributed by atoms with Gasteiger partial charge in [-0.2, -0.15) is 13.2 Å². The molecule has 1 saturated heterocycles. The Morgan fingerprint density at radius 2 is 1.76 bits per heavy atom. The van der Waals surface area contributed by atoms with Gasteiger partial charge in [0, 0.05) is 51.2 Å². The Balaban J connectivity index is 1.28. The maximum atomic E-state index is 12.5. The molecule has 1 aliphatic rings. The maximum Gasteiger partial charge on any atom is 0.434 e. The van der Waals surface area contributed by atoms with Crippen molar-refractivity contribution in [3.8, 4) is 0 Å². The van der Waals surface area contributed by atoms with E-state index in [2.05, 4.69) is 37.6 Å². The van der Waals surface area contributed by atoms with E-state index in [1.54, 1.807) is 0 Å². The lowest BCUT2D eigenvalue weighted by molar-refractivity contribution is -0.140. The van der Waals surface area contributed by atoms with Crippen LogP contribution in [0.2, 0.25) is 0 Å². The van der Waals surface area contributed by atoms with Gasteiger partial charge in [0.1, 0.15) is 5.01 Å². The predicted molar refractivity (Wildman–Crippen MR) is 106 cm³/mol. The highest BCUT2D eigenvalue weighted by molar-refractivity contribution is 7.09. The SMILES string of the molecule is O=C(NCCN1CCN(Cc2ccccc2)CC1)NCc1nc(C(F)(F)F)cs1. The van der Waals surface area contributed by atoms with E-state index in [-0.39, 0.29) is 11.6 Å². The van der Waals surface area contributed by atoms with Crippen LogP contribution in [0.5, 0.6) is 0 Å². The minimum atomic E-state index is -4.46. The van der Waals surface area contributed by atoms with Gasteiger partial charge in [-0.05, 0) is 5.56 Å². The molecule has 1 aliphatic heterocycles. The van der Waals surface area contributed by atoms with Gasteiger partial charge in [-0.1, -0.05) is 30.3 Å². The van der Waals surface area contributed by atoms with Gasteiger partial charge < -0.3 is 10.6 Å². The van der Waals surface area contributed by atoms with Gasteiger partial charge in [0.05, 0.1) is 6.54 Å². The molecule has 0 unspecified atom stereocenters. The lowest BCUT2D eigenvalue weighted by Gasteiger charge is -2.34. The molecule has 158 valence electrons. The molecule has 0 bridgehead atoms. The van der Waals surface area contributed by atoms with Crippen LogP contribution >= 0.6 is 11.3 Å². The number of hydrogen-bond donors (Lipinski definition) is 2. The van der Waals surface area contributed by atoms with Gasteiger partial charge in [-0.25, -0.2) is 9.78 Å². The number of halogens is 3. The number of piperazine rings is 1. The maximum absolute atomic E-state index is 12.5. The van der Waals surface area contributed by atoms with Crippen LogP contribution in [-0.2, 0) is 19.3 Å². The monoisotopic (exact) mass is 427 g/mol. The summed E-state index contributed by atoms with van der Waals surface area (Å²) < 4.78 is 37.5. The summed E-state index contributed by atoms with van der Waals surface area (Å²) in [5.74, 6) is 0. The number of nitrogens with one attached hydrogen (secondary N) is 2. The minimum absolute atomic E-state index is 0.0231. The van der Waals surface area contributed by atoms with Crippen molar-refractivity contribution in [1.82, 2.24) is 25.4 Å². The molecule has 2 heterocycles. The van der Waals surface area contributed by atoms with E-state index in [1.807, 2.05) is 18.2 Å². The van der Waals surface area contributed by atoms with Crippen molar-refractivity contribution < 1.29 is 18.0 Å². The number of thiazole rings is 1. The number of carbonyl (C=O) groups excluding carboxylic acids is 1. The van der Waals surface area contributed by atoms with Gasteiger partial charge in [0.25, 0.3) is 0 Å². The number of aromatic nitrogens is 1. The lowest BCUT2D eigenvalue weighted by atomic mass is 10.2. The van der Waals surface area contributed by atoms with Crippen LogP contribution in [0.25, 0.3) is 0 Å². The van der Waals surface area contributed by atoms with Crippen LogP contribution in [0, 0.1) is 0 Å². The van der Waals surface area contributed by atoms with E-state index < -0.39 is 17.9 Å². The van der Waals surface area contributed by atoms with E-state index in [1.165, 1.54) is 5.56 Å². The van der Waals surface area contributed by atoms with Crippen LogP contribution in [0.3, 0.4) is 0 Å². The van der Waals surface area contributed by atoms with Crippen LogP contribution < -0.4 is 10.6 Å². The fraction of sp³-hybridized carbons (Fsp3) is 0.474. The van der Waals surface area contributed by atoms with E-state index in [0.29, 0.717) is 6.54 Å². The first-order valence-electron chi connectivity index (χ1n) is 9.42. The molecule has 2 N–H and O–H groups in total. The third kappa shape index (κ3) is 6.98. The molecule has 0 saturated carbocycles. The van der Waals surface area contributed by atoms with Crippen molar-refractivity contribution in [3.63, 3.8) is 0 Å². The number of benzene rings is 1. The fourth-order valence-corrected chi connectivity index (χ4v) is 3.82. The molecule has 0 spiro atoms. The molecule has 0 radical (unpaired) electrons. The molecule has 2 aromatic rings. The van der Waals surface area contributed by atoms with Crippen LogP contribution in [-0.4, -0.2) is 60.1 Å². The molecule has 2 amide bonds. The van der Waals surface area contributed by atoms with Gasteiger partial charge in [0.2, 0.25) is 0 Å². The summed E-state index contributed by atoms with van der Waals surface area (Å²) in [5.41, 5.74) is 0.382. The van der Waals surface area contributed by atoms with E-state index in [0.717, 1.165) is 56.0 Å². The summed E-state index contributed by atoms with van der Waals surface area (Å²) >= 11 is 0.879. The summed E-state index contributed by atoms with van der Waals surface area (Å²) in [6.45, 7) is 5.98. The summed E-state index contributed by atoms with van der Waals surface area (Å²) in [6, 6.07) is 9.96. The molecular formula is C19H24F3N5OS. The number of rotatable bonds is 7. The standard InChI is InChI=1S/C19H24F3N5OS/c20-19(21,22)16-14-29-17(25-16)12-24-18(28)23-6-7-26-8-10-27(11-9-26)13-15-4-2-1-3-5-15/h1-5,14H,6-13H2,(H2,23,24,28). The molecule has 3 rings (SSSR count). The van der Waals surface area contributed by atoms with Crippen molar-refractivity contribution in [3.05, 3.63) is 52.0 Å². The molecule has 29 heavy (non-hydrogen) atoms.